The molecule has 1 N–H and O–H groups in total. The topological polar surface area (TPSA) is 79.0 Å². The van der Waals surface area contributed by atoms with E-state index in [9.17, 15) is 14.4 Å². The van der Waals surface area contributed by atoms with E-state index < -0.39 is 5.54 Å². The summed E-state index contributed by atoms with van der Waals surface area (Å²) < 4.78 is 5.48. The number of imide groups is 1. The molecule has 3 heterocycles. The van der Waals surface area contributed by atoms with E-state index in [1.165, 1.54) is 4.90 Å². The van der Waals surface area contributed by atoms with Gasteiger partial charge < -0.3 is 15.0 Å². The highest BCUT2D eigenvalue weighted by Gasteiger charge is 2.52. The first-order valence-corrected chi connectivity index (χ1v) is 9.59. The molecule has 0 saturated carbocycles. The predicted octanol–water partition coefficient (Wildman–Crippen LogP) is 1.59. The zero-order valence-corrected chi connectivity index (χ0v) is 15.6. The van der Waals surface area contributed by atoms with Gasteiger partial charge in [0.15, 0.2) is 0 Å². The van der Waals surface area contributed by atoms with Crippen LogP contribution < -0.4 is 5.32 Å². The first-order chi connectivity index (χ1) is 13.0. The van der Waals surface area contributed by atoms with Crippen molar-refractivity contribution in [2.45, 2.75) is 50.8 Å². The van der Waals surface area contributed by atoms with Gasteiger partial charge >= 0.3 is 6.03 Å². The van der Waals surface area contributed by atoms with Crippen molar-refractivity contribution >= 4 is 17.8 Å². The maximum absolute atomic E-state index is 13.0. The van der Waals surface area contributed by atoms with E-state index in [2.05, 4.69) is 5.32 Å². The van der Waals surface area contributed by atoms with Crippen LogP contribution in [0, 0.1) is 6.92 Å². The molecule has 3 aliphatic rings. The smallest absolute Gasteiger partial charge is 0.325 e. The molecule has 0 aliphatic carbocycles. The van der Waals surface area contributed by atoms with E-state index in [0.717, 1.165) is 24.0 Å². The molecular weight excluding hydrogens is 346 g/mol. The minimum atomic E-state index is -0.880. The highest BCUT2D eigenvalue weighted by Crippen LogP contribution is 2.31. The van der Waals surface area contributed by atoms with Crippen LogP contribution in [0.1, 0.15) is 36.8 Å². The zero-order chi connectivity index (χ0) is 19.0. The molecule has 1 spiro atoms. The Morgan fingerprint density at radius 1 is 1.22 bits per heavy atom. The van der Waals surface area contributed by atoms with Crippen molar-refractivity contribution in [1.29, 1.82) is 0 Å². The van der Waals surface area contributed by atoms with Gasteiger partial charge in [0.25, 0.3) is 11.8 Å². The molecule has 1 aromatic rings. The van der Waals surface area contributed by atoms with Crippen LogP contribution >= 0.6 is 0 Å². The lowest BCUT2D eigenvalue weighted by molar-refractivity contribution is -0.145. The van der Waals surface area contributed by atoms with Gasteiger partial charge in [0.2, 0.25) is 0 Å². The number of rotatable bonds is 3. The Bertz CT molecular complexity index is 747. The summed E-state index contributed by atoms with van der Waals surface area (Å²) in [6.45, 7) is 3.83. The van der Waals surface area contributed by atoms with Gasteiger partial charge in [-0.3, -0.25) is 14.5 Å². The summed E-state index contributed by atoms with van der Waals surface area (Å²) in [5.74, 6) is -0.173. The Morgan fingerprint density at radius 2 is 1.93 bits per heavy atom. The van der Waals surface area contributed by atoms with Crippen LogP contribution in [-0.2, 0) is 20.9 Å². The molecule has 3 saturated heterocycles. The molecule has 7 nitrogen and oxygen atoms in total. The number of urea groups is 1. The minimum Gasteiger partial charge on any atom is -0.368 e. The van der Waals surface area contributed by atoms with Crippen LogP contribution in [-0.4, -0.2) is 59.0 Å². The first-order valence-electron chi connectivity index (χ1n) is 9.59. The second-order valence-corrected chi connectivity index (χ2v) is 7.72. The van der Waals surface area contributed by atoms with Gasteiger partial charge in [0, 0.05) is 19.7 Å². The van der Waals surface area contributed by atoms with Gasteiger partial charge in [-0.15, -0.1) is 0 Å². The Morgan fingerprint density at radius 3 is 2.56 bits per heavy atom. The average Bonchev–Trinajstić information content (AvgIpc) is 3.28. The monoisotopic (exact) mass is 371 g/mol. The Labute approximate surface area is 158 Å². The Hall–Kier alpha value is -2.41. The third kappa shape index (κ3) is 3.32. The average molecular weight is 371 g/mol. The molecule has 0 radical (unpaired) electrons. The first kappa shape index (κ1) is 18.0. The molecule has 4 rings (SSSR count). The number of nitrogens with zero attached hydrogens (tertiary/aromatic N) is 2. The van der Waals surface area contributed by atoms with Gasteiger partial charge in [-0.2, -0.15) is 0 Å². The van der Waals surface area contributed by atoms with Crippen LogP contribution in [0.15, 0.2) is 24.3 Å². The zero-order valence-electron chi connectivity index (χ0n) is 15.6. The predicted molar refractivity (Wildman–Crippen MR) is 97.8 cm³/mol. The van der Waals surface area contributed by atoms with Crippen molar-refractivity contribution in [3.8, 4) is 0 Å². The summed E-state index contributed by atoms with van der Waals surface area (Å²) in [4.78, 5) is 41.0. The number of likely N-dealkylation sites (tertiary alicyclic amines) is 1. The fourth-order valence-corrected chi connectivity index (χ4v) is 4.12. The Balaban J connectivity index is 1.41. The highest BCUT2D eigenvalue weighted by molar-refractivity contribution is 6.07. The van der Waals surface area contributed by atoms with E-state index >= 15 is 0 Å². The van der Waals surface area contributed by atoms with Crippen LogP contribution in [0.2, 0.25) is 0 Å². The van der Waals surface area contributed by atoms with Crippen molar-refractivity contribution in [1.82, 2.24) is 15.1 Å². The van der Waals surface area contributed by atoms with Gasteiger partial charge in [-0.05, 0) is 38.2 Å². The summed E-state index contributed by atoms with van der Waals surface area (Å²) in [6, 6.07) is 7.46. The number of nitrogens with one attached hydrogen (secondary N) is 1. The minimum absolute atomic E-state index is 0.00985. The summed E-state index contributed by atoms with van der Waals surface area (Å²) in [5.41, 5.74) is 1.18. The number of benzene rings is 1. The lowest BCUT2D eigenvalue weighted by atomic mass is 9.87. The number of hydrogen-bond donors (Lipinski definition) is 1. The molecule has 3 aliphatic heterocycles. The second kappa shape index (κ2) is 6.96. The number of piperidine rings is 1. The highest BCUT2D eigenvalue weighted by atomic mass is 16.5. The fourth-order valence-electron chi connectivity index (χ4n) is 4.12. The lowest BCUT2D eigenvalue weighted by Gasteiger charge is -2.38. The molecule has 7 heteroatoms. The largest absolute Gasteiger partial charge is 0.368 e. The van der Waals surface area contributed by atoms with E-state index in [1.54, 1.807) is 4.90 Å². The maximum Gasteiger partial charge on any atom is 0.325 e. The van der Waals surface area contributed by atoms with Gasteiger partial charge in [0.05, 0.1) is 6.54 Å². The van der Waals surface area contributed by atoms with E-state index in [1.807, 2.05) is 31.2 Å². The standard InChI is InChI=1S/C20H25N3O4/c1-14-4-6-15(7-5-14)13-23-18(25)20(21-19(23)26)8-10-22(11-9-20)17(24)16-3-2-12-27-16/h4-7,16H,2-3,8-13H2,1H3,(H,21,26)/t16-/m0/s1. The molecule has 0 aromatic heterocycles. The quantitative estimate of drug-likeness (QED) is 0.819. The molecule has 4 amide bonds. The number of ether oxygens (including phenoxy) is 1. The molecular formula is C20H25N3O4. The number of aryl methyl sites for hydroxylation is 1. The molecule has 1 aromatic carbocycles. The van der Waals surface area contributed by atoms with Crippen molar-refractivity contribution in [2.75, 3.05) is 19.7 Å². The maximum atomic E-state index is 13.0. The molecule has 0 bridgehead atoms. The molecule has 27 heavy (non-hydrogen) atoms. The summed E-state index contributed by atoms with van der Waals surface area (Å²) in [5, 5.41) is 2.90. The normalized spacial score (nSPS) is 24.6. The molecule has 1 atom stereocenters. The number of carbonyl (C=O) groups is 3. The van der Waals surface area contributed by atoms with Crippen molar-refractivity contribution in [3.05, 3.63) is 35.4 Å². The van der Waals surface area contributed by atoms with Gasteiger partial charge in [-0.25, -0.2) is 4.79 Å². The second-order valence-electron chi connectivity index (χ2n) is 7.72. The number of carbonyl (C=O) groups excluding carboxylic acids is 3. The van der Waals surface area contributed by atoms with E-state index in [0.29, 0.717) is 32.5 Å². The molecule has 144 valence electrons. The van der Waals surface area contributed by atoms with Gasteiger partial charge in [0.1, 0.15) is 11.6 Å². The van der Waals surface area contributed by atoms with Gasteiger partial charge in [-0.1, -0.05) is 29.8 Å². The number of hydrogen-bond acceptors (Lipinski definition) is 4. The van der Waals surface area contributed by atoms with Crippen molar-refractivity contribution in [3.63, 3.8) is 0 Å². The van der Waals surface area contributed by atoms with E-state index in [-0.39, 0.29) is 30.5 Å². The molecule has 3 fully saturated rings. The van der Waals surface area contributed by atoms with E-state index in [4.69, 9.17) is 4.74 Å². The van der Waals surface area contributed by atoms with Crippen LogP contribution in [0.3, 0.4) is 0 Å². The lowest BCUT2D eigenvalue weighted by Crippen LogP contribution is -2.57. The van der Waals surface area contributed by atoms with Crippen LogP contribution in [0.4, 0.5) is 4.79 Å². The summed E-state index contributed by atoms with van der Waals surface area (Å²) in [6.07, 6.45) is 2.23. The summed E-state index contributed by atoms with van der Waals surface area (Å²) in [7, 11) is 0. The third-order valence-electron chi connectivity index (χ3n) is 5.84. The number of amides is 4. The Kier molecular flexibility index (Phi) is 4.63. The summed E-state index contributed by atoms with van der Waals surface area (Å²) >= 11 is 0. The van der Waals surface area contributed by atoms with Crippen LogP contribution in [0.5, 0.6) is 0 Å². The van der Waals surface area contributed by atoms with Crippen LogP contribution in [0.25, 0.3) is 0 Å². The van der Waals surface area contributed by atoms with Crippen molar-refractivity contribution in [2.24, 2.45) is 0 Å². The third-order valence-corrected chi connectivity index (χ3v) is 5.84. The fraction of sp³-hybridized carbons (Fsp3) is 0.550. The molecule has 0 unspecified atom stereocenters. The SMILES string of the molecule is Cc1ccc(CN2C(=O)NC3(CCN(C(=O)[C@@H]4CCCO4)CC3)C2=O)cc1. The van der Waals surface area contributed by atoms with Crippen molar-refractivity contribution < 1.29 is 19.1 Å².